The Kier molecular flexibility index (Phi) is 2.78. The van der Waals surface area contributed by atoms with Crippen molar-refractivity contribution in [3.63, 3.8) is 0 Å². The first-order valence-electron chi connectivity index (χ1n) is 6.07. The Morgan fingerprint density at radius 1 is 1.44 bits per heavy atom. The zero-order valence-electron chi connectivity index (χ0n) is 10.1. The fraction of sp³-hybridized carbons (Fsp3) is 0.385. The van der Waals surface area contributed by atoms with Crippen LogP contribution in [0.2, 0.25) is 0 Å². The maximum Gasteiger partial charge on any atom is 0.166 e. The van der Waals surface area contributed by atoms with Gasteiger partial charge in [-0.2, -0.15) is 0 Å². The summed E-state index contributed by atoms with van der Waals surface area (Å²) in [5, 5.41) is 8.37. The van der Waals surface area contributed by atoms with Crippen molar-refractivity contribution in [1.82, 2.24) is 9.97 Å². The molecule has 0 amide bonds. The zero-order valence-corrected chi connectivity index (χ0v) is 10.9. The molecule has 1 fully saturated rings. The Bertz CT molecular complexity index is 552. The van der Waals surface area contributed by atoms with Crippen LogP contribution in [0, 0.1) is 10.8 Å². The van der Waals surface area contributed by atoms with Crippen LogP contribution in [0.15, 0.2) is 29.4 Å². The van der Waals surface area contributed by atoms with Crippen molar-refractivity contribution in [2.75, 3.05) is 5.75 Å². The lowest BCUT2D eigenvalue weighted by molar-refractivity contribution is 0.611. The first-order valence-corrected chi connectivity index (χ1v) is 7.06. The molecule has 0 aliphatic heterocycles. The molecule has 4 N–H and O–H groups in total. The summed E-state index contributed by atoms with van der Waals surface area (Å²) in [7, 11) is 0. The SMILES string of the molecule is N=C(N)CC1(CSc2nc3ccccc3[nH]2)CC1. The van der Waals surface area contributed by atoms with Crippen LogP contribution in [-0.2, 0) is 0 Å². The van der Waals surface area contributed by atoms with Crippen molar-refractivity contribution in [3.05, 3.63) is 24.3 Å². The van der Waals surface area contributed by atoms with Crippen LogP contribution in [0.3, 0.4) is 0 Å². The summed E-state index contributed by atoms with van der Waals surface area (Å²) in [5.74, 6) is 1.30. The number of rotatable bonds is 5. The van der Waals surface area contributed by atoms with Gasteiger partial charge in [0.2, 0.25) is 0 Å². The van der Waals surface area contributed by atoms with Gasteiger partial charge >= 0.3 is 0 Å². The second kappa shape index (κ2) is 4.31. The smallest absolute Gasteiger partial charge is 0.166 e. The molecule has 94 valence electrons. The number of para-hydroxylation sites is 2. The van der Waals surface area contributed by atoms with Crippen LogP contribution in [0.1, 0.15) is 19.3 Å². The Balaban J connectivity index is 1.68. The number of H-pyrrole nitrogens is 1. The third kappa shape index (κ3) is 2.36. The minimum absolute atomic E-state index is 0.259. The minimum atomic E-state index is 0.259. The number of hydrogen-bond acceptors (Lipinski definition) is 3. The van der Waals surface area contributed by atoms with Gasteiger partial charge in [0.15, 0.2) is 5.16 Å². The molecule has 2 aromatic rings. The zero-order chi connectivity index (χ0) is 12.6. The molecule has 1 heterocycles. The van der Waals surface area contributed by atoms with E-state index in [1.54, 1.807) is 11.8 Å². The second-order valence-corrected chi connectivity index (χ2v) is 6.01. The maximum absolute atomic E-state index is 7.41. The Morgan fingerprint density at radius 2 is 2.22 bits per heavy atom. The van der Waals surface area contributed by atoms with E-state index in [9.17, 15) is 0 Å². The molecule has 1 saturated carbocycles. The molecule has 0 saturated heterocycles. The van der Waals surface area contributed by atoms with E-state index in [2.05, 4.69) is 9.97 Å². The first kappa shape index (κ1) is 11.6. The maximum atomic E-state index is 7.41. The summed E-state index contributed by atoms with van der Waals surface area (Å²) in [6, 6.07) is 8.05. The molecule has 0 radical (unpaired) electrons. The number of hydrogen-bond donors (Lipinski definition) is 3. The number of amidine groups is 1. The van der Waals surface area contributed by atoms with Gasteiger partial charge in [-0.15, -0.1) is 0 Å². The van der Waals surface area contributed by atoms with Crippen LogP contribution in [-0.4, -0.2) is 21.6 Å². The number of fused-ring (bicyclic) bond motifs is 1. The lowest BCUT2D eigenvalue weighted by Crippen LogP contribution is -2.18. The normalized spacial score (nSPS) is 16.9. The molecular weight excluding hydrogens is 244 g/mol. The van der Waals surface area contributed by atoms with E-state index in [4.69, 9.17) is 11.1 Å². The Labute approximate surface area is 110 Å². The third-order valence-corrected chi connectivity index (χ3v) is 4.63. The molecule has 0 spiro atoms. The van der Waals surface area contributed by atoms with E-state index >= 15 is 0 Å². The van der Waals surface area contributed by atoms with Gasteiger partial charge < -0.3 is 10.7 Å². The van der Waals surface area contributed by atoms with Gasteiger partial charge in [-0.3, -0.25) is 5.41 Å². The van der Waals surface area contributed by atoms with Crippen molar-refractivity contribution in [3.8, 4) is 0 Å². The molecule has 5 heteroatoms. The highest BCUT2D eigenvalue weighted by molar-refractivity contribution is 7.99. The lowest BCUT2D eigenvalue weighted by atomic mass is 10.1. The Hall–Kier alpha value is -1.49. The molecule has 0 atom stereocenters. The standard InChI is InChI=1S/C13H16N4S/c14-11(15)7-13(5-6-13)8-18-12-16-9-3-1-2-4-10(9)17-12/h1-4H,5-8H2,(H3,14,15)(H,16,17). The van der Waals surface area contributed by atoms with Crippen LogP contribution >= 0.6 is 11.8 Å². The van der Waals surface area contributed by atoms with Crippen LogP contribution in [0.25, 0.3) is 11.0 Å². The summed E-state index contributed by atoms with van der Waals surface area (Å²) >= 11 is 1.74. The largest absolute Gasteiger partial charge is 0.388 e. The molecule has 1 aliphatic rings. The molecule has 1 aliphatic carbocycles. The molecule has 0 bridgehead atoms. The van der Waals surface area contributed by atoms with Gasteiger partial charge in [0.25, 0.3) is 0 Å². The first-order chi connectivity index (χ1) is 8.67. The van der Waals surface area contributed by atoms with Crippen molar-refractivity contribution in [2.24, 2.45) is 11.1 Å². The molecule has 3 rings (SSSR count). The summed E-state index contributed by atoms with van der Waals surface area (Å²) in [6.07, 6.45) is 3.08. The van der Waals surface area contributed by atoms with E-state index in [0.29, 0.717) is 5.84 Å². The monoisotopic (exact) mass is 260 g/mol. The van der Waals surface area contributed by atoms with Crippen molar-refractivity contribution in [1.29, 1.82) is 5.41 Å². The number of aromatic nitrogens is 2. The number of imidazole rings is 1. The van der Waals surface area contributed by atoms with E-state index < -0.39 is 0 Å². The molecule has 1 aromatic carbocycles. The predicted octanol–water partition coefficient (Wildman–Crippen LogP) is 2.76. The van der Waals surface area contributed by atoms with E-state index in [1.165, 1.54) is 12.8 Å². The average Bonchev–Trinajstić information content (AvgIpc) is 2.95. The molecule has 4 nitrogen and oxygen atoms in total. The summed E-state index contributed by atoms with van der Waals surface area (Å²) < 4.78 is 0. The van der Waals surface area contributed by atoms with Crippen LogP contribution in [0.5, 0.6) is 0 Å². The predicted molar refractivity (Wildman–Crippen MR) is 75.0 cm³/mol. The van der Waals surface area contributed by atoms with Gasteiger partial charge in [0.1, 0.15) is 0 Å². The Morgan fingerprint density at radius 3 is 2.89 bits per heavy atom. The fourth-order valence-corrected chi connectivity index (χ4v) is 3.35. The highest BCUT2D eigenvalue weighted by Crippen LogP contribution is 2.51. The summed E-state index contributed by atoms with van der Waals surface area (Å²) in [6.45, 7) is 0. The molecule has 18 heavy (non-hydrogen) atoms. The number of nitrogens with two attached hydrogens (primary N) is 1. The van der Waals surface area contributed by atoms with Crippen LogP contribution < -0.4 is 5.73 Å². The molecule has 0 unspecified atom stereocenters. The third-order valence-electron chi connectivity index (χ3n) is 3.41. The topological polar surface area (TPSA) is 78.6 Å². The van der Waals surface area contributed by atoms with E-state index in [0.717, 1.165) is 28.4 Å². The van der Waals surface area contributed by atoms with Gasteiger partial charge in [-0.1, -0.05) is 23.9 Å². The van der Waals surface area contributed by atoms with Gasteiger partial charge in [0, 0.05) is 12.2 Å². The van der Waals surface area contributed by atoms with Gasteiger partial charge in [0.05, 0.1) is 16.9 Å². The van der Waals surface area contributed by atoms with Crippen molar-refractivity contribution < 1.29 is 0 Å². The van der Waals surface area contributed by atoms with Crippen LogP contribution in [0.4, 0.5) is 0 Å². The van der Waals surface area contributed by atoms with Gasteiger partial charge in [-0.05, 0) is 30.4 Å². The number of aromatic amines is 1. The highest BCUT2D eigenvalue weighted by atomic mass is 32.2. The van der Waals surface area contributed by atoms with E-state index in [1.807, 2.05) is 24.3 Å². The highest BCUT2D eigenvalue weighted by Gasteiger charge is 2.43. The number of nitrogens with zero attached hydrogens (tertiary/aromatic N) is 1. The molecular formula is C13H16N4S. The van der Waals surface area contributed by atoms with Crippen molar-refractivity contribution in [2.45, 2.75) is 24.4 Å². The van der Waals surface area contributed by atoms with Gasteiger partial charge in [-0.25, -0.2) is 4.98 Å². The lowest BCUT2D eigenvalue weighted by Gasteiger charge is -2.11. The van der Waals surface area contributed by atoms with Crippen molar-refractivity contribution >= 4 is 28.6 Å². The number of nitrogens with one attached hydrogen (secondary N) is 2. The summed E-state index contributed by atoms with van der Waals surface area (Å²) in [4.78, 5) is 7.86. The fourth-order valence-electron chi connectivity index (χ4n) is 2.17. The second-order valence-electron chi connectivity index (χ2n) is 5.05. The minimum Gasteiger partial charge on any atom is -0.388 e. The quantitative estimate of drug-likeness (QED) is 0.439. The molecule has 1 aromatic heterocycles. The average molecular weight is 260 g/mol. The van der Waals surface area contributed by atoms with E-state index in [-0.39, 0.29) is 5.41 Å². The number of benzene rings is 1. The summed E-state index contributed by atoms with van der Waals surface area (Å²) in [5.41, 5.74) is 7.85. The number of thioether (sulfide) groups is 1.